The molecular weight excluding hydrogens is 290 g/mol. The van der Waals surface area contributed by atoms with Gasteiger partial charge in [0.1, 0.15) is 24.4 Å². The summed E-state index contributed by atoms with van der Waals surface area (Å²) < 4.78 is 22.4. The fraction of sp³-hybridized carbons (Fsp3) is 0.571. The Kier molecular flexibility index (Phi) is 4.65. The van der Waals surface area contributed by atoms with Gasteiger partial charge in [0.05, 0.1) is 6.61 Å². The number of nitrogens with zero attached hydrogens (tertiary/aromatic N) is 2. The summed E-state index contributed by atoms with van der Waals surface area (Å²) in [5, 5.41) is 17.5. The predicted octanol–water partition coefficient (Wildman–Crippen LogP) is 0.527. The second-order valence-electron chi connectivity index (χ2n) is 5.17. The molecule has 1 aromatic carbocycles. The number of rotatable bonds is 3. The summed E-state index contributed by atoms with van der Waals surface area (Å²) in [6, 6.07) is 8.85. The lowest BCUT2D eigenvalue weighted by atomic mass is 9.96. The van der Waals surface area contributed by atoms with E-state index in [9.17, 15) is 5.11 Å². The standard InChI is InChI=1S/C14H19N3O5/c1-19-14-11(18)10(16-17-15)12-9(21-14)7-20-13(22-12)8-5-3-2-4-6-8/h2-6,9-14,18H,7H2,1H3,(H2,15,16)/t9?,10?,11?,12-,13?,14+/m1/s1. The van der Waals surface area contributed by atoms with Crippen LogP contribution in [0.15, 0.2) is 40.7 Å². The van der Waals surface area contributed by atoms with Gasteiger partial charge < -0.3 is 29.9 Å². The molecule has 6 atom stereocenters. The molecule has 0 spiro atoms. The Morgan fingerprint density at radius 3 is 2.73 bits per heavy atom. The van der Waals surface area contributed by atoms with Crippen molar-refractivity contribution >= 4 is 0 Å². The molecular formula is C14H19N3O5. The number of nitrogens with two attached hydrogens (primary N) is 1. The van der Waals surface area contributed by atoms with Gasteiger partial charge in [0, 0.05) is 12.7 Å². The zero-order chi connectivity index (χ0) is 15.5. The van der Waals surface area contributed by atoms with E-state index in [0.717, 1.165) is 5.56 Å². The summed E-state index contributed by atoms with van der Waals surface area (Å²) in [6.07, 6.45) is -3.32. The summed E-state index contributed by atoms with van der Waals surface area (Å²) in [5.74, 6) is 5.15. The van der Waals surface area contributed by atoms with E-state index in [1.165, 1.54) is 7.11 Å². The SMILES string of the molecule is CO[C@H]1OC2COC(c3ccccc3)O[C@H]2C(N=NN)C1O. The van der Waals surface area contributed by atoms with Crippen molar-refractivity contribution in [1.82, 2.24) is 0 Å². The Labute approximate surface area is 127 Å². The van der Waals surface area contributed by atoms with Crippen molar-refractivity contribution in [3.05, 3.63) is 35.9 Å². The molecule has 0 amide bonds. The molecule has 0 aliphatic carbocycles. The zero-order valence-electron chi connectivity index (χ0n) is 12.1. The first-order valence-electron chi connectivity index (χ1n) is 7.03. The van der Waals surface area contributed by atoms with E-state index < -0.39 is 36.9 Å². The molecule has 22 heavy (non-hydrogen) atoms. The number of ether oxygens (including phenoxy) is 4. The molecule has 2 fully saturated rings. The van der Waals surface area contributed by atoms with Gasteiger partial charge in [0.15, 0.2) is 12.6 Å². The third-order valence-corrected chi connectivity index (χ3v) is 3.84. The molecule has 3 N–H and O–H groups in total. The molecule has 2 heterocycles. The summed E-state index contributed by atoms with van der Waals surface area (Å²) in [6.45, 7) is 0.299. The Hall–Kier alpha value is -1.58. The molecule has 0 radical (unpaired) electrons. The van der Waals surface area contributed by atoms with Gasteiger partial charge in [0.2, 0.25) is 0 Å². The number of aliphatic hydroxyl groups excluding tert-OH is 1. The van der Waals surface area contributed by atoms with Crippen LogP contribution in [0, 0.1) is 0 Å². The van der Waals surface area contributed by atoms with Crippen molar-refractivity contribution in [2.75, 3.05) is 13.7 Å². The van der Waals surface area contributed by atoms with Crippen molar-refractivity contribution in [2.24, 2.45) is 16.2 Å². The van der Waals surface area contributed by atoms with E-state index in [-0.39, 0.29) is 0 Å². The van der Waals surface area contributed by atoms with Gasteiger partial charge >= 0.3 is 0 Å². The smallest absolute Gasteiger partial charge is 0.185 e. The summed E-state index contributed by atoms with van der Waals surface area (Å²) in [4.78, 5) is 0. The number of hydrogen-bond donors (Lipinski definition) is 2. The Morgan fingerprint density at radius 2 is 2.05 bits per heavy atom. The van der Waals surface area contributed by atoms with Crippen LogP contribution in [-0.4, -0.2) is 49.5 Å². The maximum Gasteiger partial charge on any atom is 0.185 e. The Balaban J connectivity index is 1.81. The molecule has 3 rings (SSSR count). The van der Waals surface area contributed by atoms with E-state index in [0.29, 0.717) is 6.61 Å². The highest BCUT2D eigenvalue weighted by atomic mass is 16.7. The molecule has 2 saturated heterocycles. The Bertz CT molecular complexity index is 514. The molecule has 2 aliphatic rings. The topological polar surface area (TPSA) is 108 Å². The van der Waals surface area contributed by atoms with E-state index in [4.69, 9.17) is 24.8 Å². The minimum Gasteiger partial charge on any atom is -0.385 e. The largest absolute Gasteiger partial charge is 0.385 e. The molecule has 0 aromatic heterocycles. The minimum absolute atomic E-state index is 0.299. The summed E-state index contributed by atoms with van der Waals surface area (Å²) >= 11 is 0. The van der Waals surface area contributed by atoms with Crippen molar-refractivity contribution in [2.45, 2.75) is 36.9 Å². The average Bonchev–Trinajstić information content (AvgIpc) is 2.57. The lowest BCUT2D eigenvalue weighted by Crippen LogP contribution is -2.61. The van der Waals surface area contributed by atoms with Crippen LogP contribution in [0.1, 0.15) is 11.9 Å². The zero-order valence-corrected chi connectivity index (χ0v) is 12.1. The number of aliphatic hydroxyl groups is 1. The summed E-state index contributed by atoms with van der Waals surface area (Å²) in [7, 11) is 1.45. The lowest BCUT2D eigenvalue weighted by Gasteiger charge is -2.45. The number of methoxy groups -OCH3 is 1. The van der Waals surface area contributed by atoms with Crippen LogP contribution in [0.3, 0.4) is 0 Å². The van der Waals surface area contributed by atoms with Crippen LogP contribution < -0.4 is 5.84 Å². The highest BCUT2D eigenvalue weighted by Crippen LogP contribution is 2.35. The van der Waals surface area contributed by atoms with E-state index in [1.54, 1.807) is 0 Å². The highest BCUT2D eigenvalue weighted by molar-refractivity contribution is 5.16. The van der Waals surface area contributed by atoms with E-state index in [2.05, 4.69) is 10.3 Å². The van der Waals surface area contributed by atoms with E-state index in [1.807, 2.05) is 30.3 Å². The first-order chi connectivity index (χ1) is 10.7. The predicted molar refractivity (Wildman–Crippen MR) is 74.5 cm³/mol. The van der Waals surface area contributed by atoms with Crippen LogP contribution in [0.2, 0.25) is 0 Å². The molecule has 120 valence electrons. The molecule has 1 aromatic rings. The van der Waals surface area contributed by atoms with Crippen molar-refractivity contribution in [3.8, 4) is 0 Å². The molecule has 2 aliphatic heterocycles. The van der Waals surface area contributed by atoms with Gasteiger partial charge in [-0.05, 0) is 0 Å². The molecule has 0 bridgehead atoms. The van der Waals surface area contributed by atoms with Crippen molar-refractivity contribution in [1.29, 1.82) is 0 Å². The van der Waals surface area contributed by atoms with Crippen LogP contribution in [0.5, 0.6) is 0 Å². The second kappa shape index (κ2) is 6.67. The average molecular weight is 309 g/mol. The lowest BCUT2D eigenvalue weighted by molar-refractivity contribution is -0.338. The monoisotopic (exact) mass is 309 g/mol. The quantitative estimate of drug-likeness (QED) is 0.479. The fourth-order valence-corrected chi connectivity index (χ4v) is 2.76. The van der Waals surface area contributed by atoms with Crippen molar-refractivity contribution < 1.29 is 24.1 Å². The van der Waals surface area contributed by atoms with Gasteiger partial charge in [-0.3, -0.25) is 0 Å². The van der Waals surface area contributed by atoms with Crippen molar-refractivity contribution in [3.63, 3.8) is 0 Å². The van der Waals surface area contributed by atoms with Gasteiger partial charge in [0.25, 0.3) is 0 Å². The second-order valence-corrected chi connectivity index (χ2v) is 5.17. The summed E-state index contributed by atoms with van der Waals surface area (Å²) in [5.41, 5.74) is 0.882. The molecule has 0 saturated carbocycles. The number of hydrogen-bond acceptors (Lipinski definition) is 7. The highest BCUT2D eigenvalue weighted by Gasteiger charge is 2.50. The molecule has 4 unspecified atom stereocenters. The minimum atomic E-state index is -1.02. The fourth-order valence-electron chi connectivity index (χ4n) is 2.76. The normalized spacial score (nSPS) is 38.8. The maximum absolute atomic E-state index is 10.3. The van der Waals surface area contributed by atoms with E-state index >= 15 is 0 Å². The number of fused-ring (bicyclic) bond motifs is 1. The third-order valence-electron chi connectivity index (χ3n) is 3.84. The van der Waals surface area contributed by atoms with Crippen LogP contribution >= 0.6 is 0 Å². The van der Waals surface area contributed by atoms with Gasteiger partial charge in [-0.2, -0.15) is 5.11 Å². The van der Waals surface area contributed by atoms with Gasteiger partial charge in [-0.15, -0.1) is 0 Å². The first-order valence-corrected chi connectivity index (χ1v) is 7.03. The van der Waals surface area contributed by atoms with Gasteiger partial charge in [-0.1, -0.05) is 35.6 Å². The van der Waals surface area contributed by atoms with Crippen LogP contribution in [0.4, 0.5) is 0 Å². The molecule has 8 nitrogen and oxygen atoms in total. The maximum atomic E-state index is 10.3. The van der Waals surface area contributed by atoms with Crippen LogP contribution in [-0.2, 0) is 18.9 Å². The molecule has 8 heteroatoms. The van der Waals surface area contributed by atoms with Crippen LogP contribution in [0.25, 0.3) is 0 Å². The number of benzene rings is 1. The van der Waals surface area contributed by atoms with Gasteiger partial charge in [-0.25, -0.2) is 0 Å². The first kappa shape index (κ1) is 15.3. The third kappa shape index (κ3) is 2.83. The Morgan fingerprint density at radius 1 is 1.27 bits per heavy atom.